The van der Waals surface area contributed by atoms with Crippen molar-refractivity contribution >= 4 is 27.5 Å². The number of halogens is 1. The van der Waals surface area contributed by atoms with Gasteiger partial charge in [0.05, 0.1) is 37.5 Å². The van der Waals surface area contributed by atoms with Crippen LogP contribution in [0.25, 0.3) is 20.1 Å². The average Bonchev–Trinajstić information content (AvgIpc) is 3.70. The Balaban J connectivity index is 1.74. The number of thiophene rings is 1. The zero-order valence-electron chi connectivity index (χ0n) is 23.2. The van der Waals surface area contributed by atoms with Crippen LogP contribution >= 0.6 is 11.3 Å². The number of ether oxygens (including phenoxy) is 3. The van der Waals surface area contributed by atoms with Gasteiger partial charge in [0, 0.05) is 31.8 Å². The van der Waals surface area contributed by atoms with Crippen LogP contribution in [0.4, 0.5) is 4.39 Å². The van der Waals surface area contributed by atoms with E-state index in [1.54, 1.807) is 14.0 Å². The Morgan fingerprint density at radius 1 is 1.21 bits per heavy atom. The molecule has 4 aromatic rings. The highest BCUT2D eigenvalue weighted by atomic mass is 32.1. The first-order valence-electron chi connectivity index (χ1n) is 13.0. The lowest BCUT2D eigenvalue weighted by atomic mass is 10.1. The molecule has 0 unspecified atom stereocenters. The van der Waals surface area contributed by atoms with Gasteiger partial charge in [-0.2, -0.15) is 10.2 Å². The lowest BCUT2D eigenvalue weighted by molar-refractivity contribution is -0.129. The van der Waals surface area contributed by atoms with E-state index in [9.17, 15) is 18.8 Å². The first-order valence-corrected chi connectivity index (χ1v) is 13.8. The third-order valence-corrected chi connectivity index (χ3v) is 8.37. The molecular weight excluding hydrogens is 569 g/mol. The Hall–Kier alpha value is -4.39. The summed E-state index contributed by atoms with van der Waals surface area (Å²) in [6.45, 7) is 9.06. The van der Waals surface area contributed by atoms with E-state index in [-0.39, 0.29) is 49.1 Å². The molecule has 0 spiro atoms. The summed E-state index contributed by atoms with van der Waals surface area (Å²) in [5, 5.41) is 9.15. The molecule has 0 aliphatic carbocycles. The Morgan fingerprint density at radius 2 is 1.98 bits per heavy atom. The maximum atomic E-state index is 14.5. The molecule has 5 rings (SSSR count). The van der Waals surface area contributed by atoms with Crippen LogP contribution in [-0.2, 0) is 20.8 Å². The molecule has 1 aliphatic rings. The SMILES string of the molecule is [C-]#[N+]COc1ccc(F)cc1[C@H](Cn1c(=O)n([C@@H]2CCN(C)C2=O)c(=O)c2c(C)c(-n3nccn3)sc21)OCCOC. The summed E-state index contributed by atoms with van der Waals surface area (Å²) in [4.78, 5) is 47.5. The standard InChI is InChI=1S/C27H28FN7O6S/c1-16-22-24(37)34(19-7-10-32(3)23(19)36)27(38)33(26(22)42-25(16)35-30-8-9-31-35)14-21(40-12-11-39-4)18-13-17(28)5-6-20(18)41-15-29-2/h5-6,8-9,13,19,21H,7,10-12,14-15H2,1,3-4H3/t19-,21+/m1/s1. The van der Waals surface area contributed by atoms with Crippen LogP contribution in [-0.4, -0.2) is 75.6 Å². The van der Waals surface area contributed by atoms with Crippen molar-refractivity contribution in [2.24, 2.45) is 0 Å². The first-order chi connectivity index (χ1) is 20.3. The predicted octanol–water partition coefficient (Wildman–Crippen LogP) is 2.32. The minimum Gasteiger partial charge on any atom is -0.425 e. The molecule has 42 heavy (non-hydrogen) atoms. The Kier molecular flexibility index (Phi) is 8.48. The number of likely N-dealkylation sites (tertiary alicyclic amines) is 1. The first kappa shape index (κ1) is 29.1. The van der Waals surface area contributed by atoms with E-state index in [0.29, 0.717) is 28.4 Å². The summed E-state index contributed by atoms with van der Waals surface area (Å²) in [6.07, 6.45) is 2.32. The van der Waals surface area contributed by atoms with E-state index < -0.39 is 29.2 Å². The lowest BCUT2D eigenvalue weighted by Gasteiger charge is -2.23. The second-order valence-corrected chi connectivity index (χ2v) is 10.6. The summed E-state index contributed by atoms with van der Waals surface area (Å²) >= 11 is 1.14. The maximum Gasteiger partial charge on any atom is 0.357 e. The lowest BCUT2D eigenvalue weighted by Crippen LogP contribution is -2.44. The number of carbonyl (C=O) groups is 1. The zero-order valence-corrected chi connectivity index (χ0v) is 24.0. The topological polar surface area (TPSA) is 127 Å². The predicted molar refractivity (Wildman–Crippen MR) is 150 cm³/mol. The van der Waals surface area contributed by atoms with Gasteiger partial charge >= 0.3 is 12.4 Å². The van der Waals surface area contributed by atoms with Crippen molar-refractivity contribution in [2.75, 3.05) is 40.6 Å². The van der Waals surface area contributed by atoms with Gasteiger partial charge in [-0.25, -0.2) is 20.3 Å². The van der Waals surface area contributed by atoms with Crippen molar-refractivity contribution in [1.82, 2.24) is 29.0 Å². The maximum absolute atomic E-state index is 14.5. The fourth-order valence-corrected chi connectivity index (χ4v) is 6.25. The number of hydrogen-bond acceptors (Lipinski definition) is 9. The van der Waals surface area contributed by atoms with Gasteiger partial charge in [-0.15, -0.1) is 4.80 Å². The molecule has 220 valence electrons. The Morgan fingerprint density at radius 3 is 2.64 bits per heavy atom. The number of hydrogen-bond donors (Lipinski definition) is 0. The van der Waals surface area contributed by atoms with Gasteiger partial charge in [0.25, 0.3) is 5.56 Å². The van der Waals surface area contributed by atoms with Crippen LogP contribution in [0.15, 0.2) is 40.2 Å². The van der Waals surface area contributed by atoms with Gasteiger partial charge in [0.1, 0.15) is 33.5 Å². The van der Waals surface area contributed by atoms with Crippen molar-refractivity contribution in [3.8, 4) is 10.8 Å². The number of nitrogens with zero attached hydrogens (tertiary/aromatic N) is 7. The quantitative estimate of drug-likeness (QED) is 0.191. The second kappa shape index (κ2) is 12.2. The monoisotopic (exact) mass is 597 g/mol. The fourth-order valence-electron chi connectivity index (χ4n) is 5.03. The van der Waals surface area contributed by atoms with E-state index >= 15 is 0 Å². The van der Waals surface area contributed by atoms with Gasteiger partial charge in [-0.1, -0.05) is 11.3 Å². The molecule has 1 amide bonds. The molecule has 13 nitrogen and oxygen atoms in total. The number of benzene rings is 1. The van der Waals surface area contributed by atoms with Crippen LogP contribution in [0, 0.1) is 19.3 Å². The third kappa shape index (κ3) is 5.31. The molecule has 0 saturated carbocycles. The molecule has 0 bridgehead atoms. The minimum absolute atomic E-state index is 0.0926. The number of likely N-dealkylation sites (N-methyl/N-ethyl adjacent to an activating group) is 1. The molecule has 2 atom stereocenters. The minimum atomic E-state index is -0.976. The molecule has 4 heterocycles. The van der Waals surface area contributed by atoms with Gasteiger partial charge in [-0.3, -0.25) is 19.0 Å². The zero-order chi connectivity index (χ0) is 30.0. The average molecular weight is 598 g/mol. The molecule has 1 aromatic carbocycles. The van der Waals surface area contributed by atoms with E-state index in [4.69, 9.17) is 20.8 Å². The van der Waals surface area contributed by atoms with Crippen LogP contribution in [0.3, 0.4) is 0 Å². The van der Waals surface area contributed by atoms with Crippen molar-refractivity contribution < 1.29 is 23.4 Å². The van der Waals surface area contributed by atoms with Crippen LogP contribution in [0.2, 0.25) is 0 Å². The normalized spacial score (nSPS) is 15.8. The number of aromatic nitrogens is 5. The highest BCUT2D eigenvalue weighted by Crippen LogP contribution is 2.34. The van der Waals surface area contributed by atoms with Crippen LogP contribution in [0.1, 0.15) is 29.7 Å². The van der Waals surface area contributed by atoms with E-state index in [0.717, 1.165) is 15.9 Å². The summed E-state index contributed by atoms with van der Waals surface area (Å²) in [7, 11) is 3.12. The summed E-state index contributed by atoms with van der Waals surface area (Å²) in [5.74, 6) is -0.694. The van der Waals surface area contributed by atoms with Gasteiger partial charge in [0.15, 0.2) is 0 Å². The number of aryl methyl sites for hydroxylation is 1. The number of rotatable bonds is 11. The molecule has 1 fully saturated rings. The van der Waals surface area contributed by atoms with Gasteiger partial charge in [-0.05, 0) is 31.5 Å². The van der Waals surface area contributed by atoms with Crippen LogP contribution < -0.4 is 16.0 Å². The van der Waals surface area contributed by atoms with Gasteiger partial charge in [0.2, 0.25) is 5.91 Å². The number of carbonyl (C=O) groups excluding carboxylic acids is 1. The number of fused-ring (bicyclic) bond motifs is 1. The molecule has 3 aromatic heterocycles. The number of amides is 1. The van der Waals surface area contributed by atoms with Crippen LogP contribution in [0.5, 0.6) is 5.75 Å². The van der Waals surface area contributed by atoms with Gasteiger partial charge < -0.3 is 19.1 Å². The van der Waals surface area contributed by atoms with E-state index in [1.807, 2.05) is 0 Å². The van der Waals surface area contributed by atoms with E-state index in [2.05, 4.69) is 15.0 Å². The molecule has 0 N–H and O–H groups in total. The summed E-state index contributed by atoms with van der Waals surface area (Å²) < 4.78 is 33.7. The molecule has 1 saturated heterocycles. The molecule has 15 heteroatoms. The molecule has 1 aliphatic heterocycles. The fraction of sp³-hybridized carbons (Fsp3) is 0.407. The smallest absolute Gasteiger partial charge is 0.357 e. The summed E-state index contributed by atoms with van der Waals surface area (Å²) in [5.41, 5.74) is -0.480. The highest BCUT2D eigenvalue weighted by molar-refractivity contribution is 7.21. The third-order valence-electron chi connectivity index (χ3n) is 7.09. The summed E-state index contributed by atoms with van der Waals surface area (Å²) in [6, 6.07) is 2.85. The highest BCUT2D eigenvalue weighted by Gasteiger charge is 2.35. The van der Waals surface area contributed by atoms with Crippen molar-refractivity contribution in [3.05, 3.63) is 79.8 Å². The van der Waals surface area contributed by atoms with E-state index in [1.165, 1.54) is 52.0 Å². The molecular formula is C27H28FN7O6S. The number of methoxy groups -OCH3 is 1. The van der Waals surface area contributed by atoms with Crippen molar-refractivity contribution in [2.45, 2.75) is 32.0 Å². The van der Waals surface area contributed by atoms with Crippen molar-refractivity contribution in [3.63, 3.8) is 0 Å². The Labute approximate surface area is 243 Å². The Bertz CT molecular complexity index is 1770. The van der Waals surface area contributed by atoms with Crippen molar-refractivity contribution in [1.29, 1.82) is 0 Å². The second-order valence-electron chi connectivity index (χ2n) is 9.63. The largest absolute Gasteiger partial charge is 0.425 e. The molecule has 0 radical (unpaired) electrons.